The summed E-state index contributed by atoms with van der Waals surface area (Å²) < 4.78 is 25.5. The van der Waals surface area contributed by atoms with Crippen LogP contribution in [-0.4, -0.2) is 40.8 Å². The monoisotopic (exact) mass is 375 g/mol. The van der Waals surface area contributed by atoms with Crippen molar-refractivity contribution in [2.75, 3.05) is 13.7 Å². The van der Waals surface area contributed by atoms with Crippen molar-refractivity contribution >= 4 is 27.3 Å². The van der Waals surface area contributed by atoms with Gasteiger partial charge in [0.15, 0.2) is 0 Å². The van der Waals surface area contributed by atoms with Gasteiger partial charge in [0.2, 0.25) is 11.8 Å². The minimum absolute atomic E-state index is 0.0942. The number of aromatic nitrogens is 2. The fourth-order valence-corrected chi connectivity index (χ4v) is 4.55. The van der Waals surface area contributed by atoms with E-state index in [2.05, 4.69) is 10.2 Å². The topological polar surface area (TPSA) is 68.5 Å². The third kappa shape index (κ3) is 2.79. The van der Waals surface area contributed by atoms with Crippen LogP contribution >= 0.6 is 11.3 Å². The molecule has 6 nitrogen and oxygen atoms in total. The molecule has 3 heterocycles. The zero-order valence-electron chi connectivity index (χ0n) is 14.7. The molecule has 0 spiro atoms. The number of likely N-dealkylation sites (tertiary alicyclic amines) is 1. The first kappa shape index (κ1) is 17.1. The van der Waals surface area contributed by atoms with Gasteiger partial charge in [-0.1, -0.05) is 0 Å². The van der Waals surface area contributed by atoms with Crippen LogP contribution < -0.4 is 0 Å². The Kier molecular flexibility index (Phi) is 4.24. The highest BCUT2D eigenvalue weighted by molar-refractivity contribution is 7.21. The number of amides is 1. The van der Waals surface area contributed by atoms with Crippen molar-refractivity contribution in [2.24, 2.45) is 0 Å². The van der Waals surface area contributed by atoms with Crippen LogP contribution in [0.15, 0.2) is 22.6 Å². The van der Waals surface area contributed by atoms with E-state index in [1.165, 1.54) is 23.5 Å². The zero-order valence-corrected chi connectivity index (χ0v) is 15.5. The molecular formula is C18H18FN3O3S. The van der Waals surface area contributed by atoms with Gasteiger partial charge in [0.1, 0.15) is 11.9 Å². The van der Waals surface area contributed by atoms with Crippen molar-refractivity contribution in [3.8, 4) is 0 Å². The molecule has 2 atom stereocenters. The number of hydrogen-bond donors (Lipinski definition) is 0. The summed E-state index contributed by atoms with van der Waals surface area (Å²) >= 11 is 1.37. The second-order valence-electron chi connectivity index (χ2n) is 6.42. The molecule has 1 aromatic carbocycles. The number of methoxy groups -OCH3 is 1. The Labute approximate surface area is 153 Å². The quantitative estimate of drug-likeness (QED) is 0.699. The number of halogens is 1. The Balaban J connectivity index is 1.72. The van der Waals surface area contributed by atoms with Crippen LogP contribution in [0.4, 0.5) is 4.39 Å². The highest BCUT2D eigenvalue weighted by Crippen LogP contribution is 2.38. The van der Waals surface area contributed by atoms with E-state index in [9.17, 15) is 9.18 Å². The Bertz CT molecular complexity index is 983. The molecule has 1 aliphatic heterocycles. The molecule has 1 aliphatic rings. The van der Waals surface area contributed by atoms with Crippen LogP contribution in [0.3, 0.4) is 0 Å². The first-order valence-corrected chi connectivity index (χ1v) is 9.12. The lowest BCUT2D eigenvalue weighted by Crippen LogP contribution is -2.32. The van der Waals surface area contributed by atoms with E-state index >= 15 is 0 Å². The summed E-state index contributed by atoms with van der Waals surface area (Å²) in [6.45, 7) is 4.01. The summed E-state index contributed by atoms with van der Waals surface area (Å²) in [5.41, 5.74) is 0.788. The average molecular weight is 375 g/mol. The smallest absolute Gasteiger partial charge is 0.265 e. The molecular weight excluding hydrogens is 357 g/mol. The van der Waals surface area contributed by atoms with Crippen molar-refractivity contribution in [3.63, 3.8) is 0 Å². The summed E-state index contributed by atoms with van der Waals surface area (Å²) in [5, 5.41) is 8.73. The van der Waals surface area contributed by atoms with Gasteiger partial charge >= 0.3 is 0 Å². The van der Waals surface area contributed by atoms with E-state index in [1.54, 1.807) is 25.0 Å². The molecule has 0 radical (unpaired) electrons. The van der Waals surface area contributed by atoms with Crippen LogP contribution in [-0.2, 0) is 4.74 Å². The lowest BCUT2D eigenvalue weighted by Gasteiger charge is -2.21. The predicted octanol–water partition coefficient (Wildman–Crippen LogP) is 3.64. The molecule has 0 bridgehead atoms. The summed E-state index contributed by atoms with van der Waals surface area (Å²) in [6.07, 6.45) is 0.505. The number of benzene rings is 1. The first-order chi connectivity index (χ1) is 12.5. The van der Waals surface area contributed by atoms with Crippen LogP contribution in [0, 0.1) is 19.7 Å². The van der Waals surface area contributed by atoms with Crippen molar-refractivity contribution in [3.05, 3.63) is 46.2 Å². The van der Waals surface area contributed by atoms with E-state index < -0.39 is 0 Å². The standard InChI is InChI=1S/C18H18FN3O3S/c1-9-13-6-11(19)4-5-15(13)26-16(9)18(23)22-8-12(24-3)7-14(22)17-21-20-10(2)25-17/h4-6,12,14H,7-8H2,1-3H3/t12-,14+/m0/s1. The van der Waals surface area contributed by atoms with Crippen molar-refractivity contribution in [2.45, 2.75) is 32.4 Å². The number of hydrogen-bond acceptors (Lipinski definition) is 6. The molecule has 1 saturated heterocycles. The Morgan fingerprint density at radius 3 is 2.88 bits per heavy atom. The van der Waals surface area contributed by atoms with E-state index in [-0.39, 0.29) is 23.9 Å². The predicted molar refractivity (Wildman–Crippen MR) is 94.7 cm³/mol. The maximum atomic E-state index is 13.6. The summed E-state index contributed by atoms with van der Waals surface area (Å²) in [4.78, 5) is 15.6. The molecule has 3 aromatic rings. The number of rotatable bonds is 3. The second kappa shape index (κ2) is 6.44. The fourth-order valence-electron chi connectivity index (χ4n) is 3.40. The van der Waals surface area contributed by atoms with E-state index in [1.807, 2.05) is 6.92 Å². The molecule has 4 rings (SSSR count). The highest BCUT2D eigenvalue weighted by Gasteiger charge is 2.40. The number of ether oxygens (including phenoxy) is 1. The number of thiophene rings is 1. The maximum Gasteiger partial charge on any atom is 0.265 e. The molecule has 8 heteroatoms. The lowest BCUT2D eigenvalue weighted by atomic mass is 10.1. The third-order valence-electron chi connectivity index (χ3n) is 4.78. The van der Waals surface area contributed by atoms with Gasteiger partial charge in [-0.25, -0.2) is 4.39 Å². The molecule has 26 heavy (non-hydrogen) atoms. The minimum atomic E-state index is -0.324. The average Bonchev–Trinajstić information content (AvgIpc) is 3.32. The summed E-state index contributed by atoms with van der Waals surface area (Å²) in [7, 11) is 1.63. The van der Waals surface area contributed by atoms with E-state index in [4.69, 9.17) is 9.15 Å². The normalized spacial score (nSPS) is 20.2. The van der Waals surface area contributed by atoms with Crippen molar-refractivity contribution in [1.29, 1.82) is 0 Å². The minimum Gasteiger partial charge on any atom is -0.423 e. The van der Waals surface area contributed by atoms with Crippen molar-refractivity contribution in [1.82, 2.24) is 15.1 Å². The number of aryl methyl sites for hydroxylation is 2. The van der Waals surface area contributed by atoms with Gasteiger partial charge in [-0.05, 0) is 36.1 Å². The number of carbonyl (C=O) groups excluding carboxylic acids is 1. The molecule has 0 aliphatic carbocycles. The van der Waals surface area contributed by atoms with Gasteiger partial charge in [-0.2, -0.15) is 0 Å². The first-order valence-electron chi connectivity index (χ1n) is 8.30. The van der Waals surface area contributed by atoms with Gasteiger partial charge in [0, 0.05) is 31.7 Å². The summed E-state index contributed by atoms with van der Waals surface area (Å²) in [5.74, 6) is 0.448. The Hall–Kier alpha value is -2.32. The molecule has 0 N–H and O–H groups in total. The highest BCUT2D eigenvalue weighted by atomic mass is 32.1. The van der Waals surface area contributed by atoms with Gasteiger partial charge in [-0.3, -0.25) is 4.79 Å². The number of carbonyl (C=O) groups is 1. The molecule has 2 aromatic heterocycles. The van der Waals surface area contributed by atoms with Crippen LogP contribution in [0.25, 0.3) is 10.1 Å². The Morgan fingerprint density at radius 1 is 1.38 bits per heavy atom. The van der Waals surface area contributed by atoms with Crippen molar-refractivity contribution < 1.29 is 18.3 Å². The number of nitrogens with zero attached hydrogens (tertiary/aromatic N) is 3. The van der Waals surface area contributed by atoms with Crippen LogP contribution in [0.5, 0.6) is 0 Å². The second-order valence-corrected chi connectivity index (χ2v) is 7.47. The fraction of sp³-hybridized carbons (Fsp3) is 0.389. The van der Waals surface area contributed by atoms with E-state index in [0.717, 1.165) is 15.6 Å². The molecule has 1 amide bonds. The van der Waals surface area contributed by atoms with Gasteiger partial charge < -0.3 is 14.1 Å². The van der Waals surface area contributed by atoms with Crippen LogP contribution in [0.2, 0.25) is 0 Å². The molecule has 1 fully saturated rings. The number of fused-ring (bicyclic) bond motifs is 1. The third-order valence-corrected chi connectivity index (χ3v) is 6.04. The zero-order chi connectivity index (χ0) is 18.4. The van der Waals surface area contributed by atoms with Gasteiger partial charge in [0.25, 0.3) is 5.91 Å². The van der Waals surface area contributed by atoms with Gasteiger partial charge in [0.05, 0.1) is 11.0 Å². The summed E-state index contributed by atoms with van der Waals surface area (Å²) in [6, 6.07) is 4.27. The lowest BCUT2D eigenvalue weighted by molar-refractivity contribution is 0.0678. The largest absolute Gasteiger partial charge is 0.423 e. The molecule has 0 saturated carbocycles. The maximum absolute atomic E-state index is 13.6. The van der Waals surface area contributed by atoms with Gasteiger partial charge in [-0.15, -0.1) is 21.5 Å². The molecule has 0 unspecified atom stereocenters. The van der Waals surface area contributed by atoms with Crippen LogP contribution in [0.1, 0.15) is 39.5 Å². The van der Waals surface area contributed by atoms with E-state index in [0.29, 0.717) is 29.6 Å². The SMILES string of the molecule is CO[C@H]1C[C@H](c2nnc(C)o2)N(C(=O)c2sc3ccc(F)cc3c2C)C1. The molecule has 136 valence electrons. The Morgan fingerprint density at radius 2 is 2.19 bits per heavy atom.